The Labute approximate surface area is 130 Å². The number of nitrogens with one attached hydrogen (secondary N) is 1. The van der Waals surface area contributed by atoms with Gasteiger partial charge >= 0.3 is 0 Å². The molecule has 1 aliphatic rings. The predicted octanol–water partition coefficient (Wildman–Crippen LogP) is 0.905. The molecule has 2 rings (SSSR count). The molecular weight excluding hydrogens is 306 g/mol. The summed E-state index contributed by atoms with van der Waals surface area (Å²) >= 11 is 0. The van der Waals surface area contributed by atoms with Gasteiger partial charge in [-0.3, -0.25) is 4.79 Å². The number of rotatable bonds is 7. The number of carbonyl (C=O) groups is 1. The van der Waals surface area contributed by atoms with Crippen LogP contribution in [-0.4, -0.2) is 45.7 Å². The summed E-state index contributed by atoms with van der Waals surface area (Å²) < 4.78 is 34.3. The topological polar surface area (TPSA) is 81.7 Å². The summed E-state index contributed by atoms with van der Waals surface area (Å²) in [4.78, 5) is 11.8. The van der Waals surface area contributed by atoms with Crippen LogP contribution in [0.15, 0.2) is 24.3 Å². The number of benzene rings is 1. The van der Waals surface area contributed by atoms with Gasteiger partial charge in [-0.25, -0.2) is 8.42 Å². The van der Waals surface area contributed by atoms with Crippen molar-refractivity contribution in [3.63, 3.8) is 0 Å². The first kappa shape index (κ1) is 16.8. The van der Waals surface area contributed by atoms with Gasteiger partial charge in [0.25, 0.3) is 0 Å². The summed E-state index contributed by atoms with van der Waals surface area (Å²) in [5, 5.41) is 2.62. The van der Waals surface area contributed by atoms with Gasteiger partial charge in [0.15, 0.2) is 9.84 Å². The van der Waals surface area contributed by atoms with E-state index in [4.69, 9.17) is 9.47 Å². The smallest absolute Gasteiger partial charge is 0.235 e. The van der Waals surface area contributed by atoms with Gasteiger partial charge in [-0.05, 0) is 30.5 Å². The van der Waals surface area contributed by atoms with Crippen molar-refractivity contribution in [2.45, 2.75) is 25.5 Å². The molecule has 1 saturated heterocycles. The molecule has 22 heavy (non-hydrogen) atoms. The maximum atomic E-state index is 11.9. The zero-order chi connectivity index (χ0) is 16.0. The van der Waals surface area contributed by atoms with Crippen molar-refractivity contribution in [3.8, 4) is 5.75 Å². The van der Waals surface area contributed by atoms with Crippen LogP contribution in [0, 0.1) is 0 Å². The van der Waals surface area contributed by atoms with Crippen LogP contribution >= 0.6 is 0 Å². The molecule has 1 aromatic rings. The molecule has 0 spiro atoms. The fraction of sp³-hybridized carbons (Fsp3) is 0.533. The highest BCUT2D eigenvalue weighted by atomic mass is 32.2. The number of ether oxygens (including phenoxy) is 2. The maximum absolute atomic E-state index is 11.9. The van der Waals surface area contributed by atoms with Gasteiger partial charge in [0.05, 0.1) is 19.0 Å². The SMILES string of the molecule is COc1cccc(CNC(=O)CS(=O)(=O)CC2CCCO2)c1. The number of hydrogen-bond donors (Lipinski definition) is 1. The molecule has 1 atom stereocenters. The van der Waals surface area contributed by atoms with Crippen molar-refractivity contribution in [2.75, 3.05) is 25.2 Å². The Morgan fingerprint density at radius 3 is 2.95 bits per heavy atom. The number of hydrogen-bond acceptors (Lipinski definition) is 5. The molecule has 0 bridgehead atoms. The summed E-state index contributed by atoms with van der Waals surface area (Å²) in [6.45, 7) is 0.869. The number of amides is 1. The molecule has 1 heterocycles. The highest BCUT2D eigenvalue weighted by molar-refractivity contribution is 7.92. The molecule has 0 saturated carbocycles. The average molecular weight is 327 g/mol. The molecular formula is C15H21NO5S. The first-order valence-electron chi connectivity index (χ1n) is 7.20. The summed E-state index contributed by atoms with van der Waals surface area (Å²) in [7, 11) is -1.88. The van der Waals surface area contributed by atoms with E-state index in [9.17, 15) is 13.2 Å². The van der Waals surface area contributed by atoms with E-state index in [0.29, 0.717) is 12.4 Å². The van der Waals surface area contributed by atoms with Gasteiger partial charge < -0.3 is 14.8 Å². The summed E-state index contributed by atoms with van der Waals surface area (Å²) in [5.74, 6) is -0.394. The molecule has 1 amide bonds. The largest absolute Gasteiger partial charge is 0.497 e. The highest BCUT2D eigenvalue weighted by Crippen LogP contribution is 2.14. The second kappa shape index (κ2) is 7.60. The van der Waals surface area contributed by atoms with Gasteiger partial charge in [-0.1, -0.05) is 12.1 Å². The molecule has 1 unspecified atom stereocenters. The fourth-order valence-corrected chi connectivity index (χ4v) is 3.80. The van der Waals surface area contributed by atoms with E-state index < -0.39 is 21.5 Å². The Hall–Kier alpha value is -1.60. The minimum atomic E-state index is -3.44. The molecule has 1 aromatic carbocycles. The summed E-state index contributed by atoms with van der Waals surface area (Å²) in [6.07, 6.45) is 1.35. The number of sulfone groups is 1. The van der Waals surface area contributed by atoms with E-state index in [1.807, 2.05) is 12.1 Å². The van der Waals surface area contributed by atoms with Crippen LogP contribution in [0.25, 0.3) is 0 Å². The normalized spacial score (nSPS) is 18.1. The van der Waals surface area contributed by atoms with E-state index in [0.717, 1.165) is 18.4 Å². The lowest BCUT2D eigenvalue weighted by molar-refractivity contribution is -0.118. The van der Waals surface area contributed by atoms with Gasteiger partial charge in [0.1, 0.15) is 11.5 Å². The van der Waals surface area contributed by atoms with Crippen LogP contribution in [0.4, 0.5) is 0 Å². The second-order valence-corrected chi connectivity index (χ2v) is 7.43. The van der Waals surface area contributed by atoms with E-state index in [1.165, 1.54) is 0 Å². The van der Waals surface area contributed by atoms with Crippen LogP contribution in [0.5, 0.6) is 5.75 Å². The van der Waals surface area contributed by atoms with Gasteiger partial charge in [-0.15, -0.1) is 0 Å². The third-order valence-electron chi connectivity index (χ3n) is 3.44. The van der Waals surface area contributed by atoms with E-state index in [1.54, 1.807) is 19.2 Å². The van der Waals surface area contributed by atoms with Crippen molar-refractivity contribution >= 4 is 15.7 Å². The molecule has 1 fully saturated rings. The van der Waals surface area contributed by atoms with Crippen molar-refractivity contribution < 1.29 is 22.7 Å². The van der Waals surface area contributed by atoms with E-state index in [2.05, 4.69) is 5.32 Å². The fourth-order valence-electron chi connectivity index (χ4n) is 2.35. The monoisotopic (exact) mass is 327 g/mol. The minimum absolute atomic E-state index is 0.0838. The van der Waals surface area contributed by atoms with Crippen LogP contribution in [0.3, 0.4) is 0 Å². The van der Waals surface area contributed by atoms with Gasteiger partial charge in [0, 0.05) is 13.2 Å². The number of carbonyl (C=O) groups excluding carboxylic acids is 1. The Morgan fingerprint density at radius 1 is 1.45 bits per heavy atom. The van der Waals surface area contributed by atoms with Crippen LogP contribution in [0.1, 0.15) is 18.4 Å². The lowest BCUT2D eigenvalue weighted by Gasteiger charge is -2.10. The number of methoxy groups -OCH3 is 1. The lowest BCUT2D eigenvalue weighted by atomic mass is 10.2. The van der Waals surface area contributed by atoms with Gasteiger partial charge in [-0.2, -0.15) is 0 Å². The standard InChI is InChI=1S/C15H21NO5S/c1-20-13-5-2-4-12(8-13)9-16-15(17)11-22(18,19)10-14-6-3-7-21-14/h2,4-5,8,14H,3,6-7,9-11H2,1H3,(H,16,17). The lowest BCUT2D eigenvalue weighted by Crippen LogP contribution is -2.33. The maximum Gasteiger partial charge on any atom is 0.235 e. The van der Waals surface area contributed by atoms with E-state index >= 15 is 0 Å². The molecule has 0 aliphatic carbocycles. The third kappa shape index (κ3) is 5.31. The molecule has 122 valence electrons. The Kier molecular flexibility index (Phi) is 5.79. The molecule has 6 nitrogen and oxygen atoms in total. The Bertz CT molecular complexity index is 608. The average Bonchev–Trinajstić information content (AvgIpc) is 2.97. The highest BCUT2D eigenvalue weighted by Gasteiger charge is 2.25. The molecule has 0 aromatic heterocycles. The van der Waals surface area contributed by atoms with E-state index in [-0.39, 0.29) is 18.4 Å². The quantitative estimate of drug-likeness (QED) is 0.805. The molecule has 1 N–H and O–H groups in total. The third-order valence-corrected chi connectivity index (χ3v) is 5.02. The summed E-state index contributed by atoms with van der Waals surface area (Å²) in [5.41, 5.74) is 0.851. The Morgan fingerprint density at radius 2 is 2.27 bits per heavy atom. The van der Waals surface area contributed by atoms with Crippen LogP contribution in [0.2, 0.25) is 0 Å². The molecule has 7 heteroatoms. The summed E-state index contributed by atoms with van der Waals surface area (Å²) in [6, 6.07) is 7.25. The molecule has 0 radical (unpaired) electrons. The van der Waals surface area contributed by atoms with Crippen LogP contribution < -0.4 is 10.1 Å². The Balaban J connectivity index is 1.81. The first-order valence-corrected chi connectivity index (χ1v) is 9.02. The zero-order valence-corrected chi connectivity index (χ0v) is 13.4. The van der Waals surface area contributed by atoms with Gasteiger partial charge in [0.2, 0.25) is 5.91 Å². The minimum Gasteiger partial charge on any atom is -0.497 e. The van der Waals surface area contributed by atoms with Crippen molar-refractivity contribution in [3.05, 3.63) is 29.8 Å². The van der Waals surface area contributed by atoms with Crippen molar-refractivity contribution in [2.24, 2.45) is 0 Å². The predicted molar refractivity (Wildman–Crippen MR) is 82.5 cm³/mol. The second-order valence-electron chi connectivity index (χ2n) is 5.32. The zero-order valence-electron chi connectivity index (χ0n) is 12.6. The van der Waals surface area contributed by atoms with Crippen molar-refractivity contribution in [1.29, 1.82) is 0 Å². The first-order chi connectivity index (χ1) is 10.5. The van der Waals surface area contributed by atoms with Crippen molar-refractivity contribution in [1.82, 2.24) is 5.32 Å². The molecule has 1 aliphatic heterocycles. The van der Waals surface area contributed by atoms with Crippen LogP contribution in [-0.2, 0) is 25.9 Å².